The molecular weight excluding hydrogens is 735 g/mol. The maximum atomic E-state index is 2.47. The maximum absolute atomic E-state index is 2.47. The zero-order chi connectivity index (χ0) is 40.1. The van der Waals surface area contributed by atoms with Gasteiger partial charge in [0.25, 0.3) is 0 Å². The van der Waals surface area contributed by atoms with Crippen LogP contribution in [-0.4, -0.2) is 4.57 Å². The van der Waals surface area contributed by atoms with E-state index in [1.165, 1.54) is 105 Å². The molecule has 13 rings (SSSR count). The van der Waals surface area contributed by atoms with Crippen LogP contribution in [0.3, 0.4) is 0 Å². The second-order valence-corrected chi connectivity index (χ2v) is 17.0. The standard InChI is InChI=1S/C60H41N/c1-3-20-43(21-4-1)59(53-30-14-15-31-54(53)60(44-22-5-2-6-23-44)52-29-13-10-25-47(52)49-27-17-32-55(59)58(49)60)51-28-12-9-24-46(51)42-35-37-57-50(39-42)48-26-11-16-33-56(48)61(57)45-36-34-40-18-7-8-19-41(40)38-45/h1-3,5-20,22-39H,4,21H2. The summed E-state index contributed by atoms with van der Waals surface area (Å²) >= 11 is 0. The molecule has 1 nitrogen and oxygen atoms in total. The van der Waals surface area contributed by atoms with E-state index in [2.05, 4.69) is 229 Å². The lowest BCUT2D eigenvalue weighted by molar-refractivity contribution is 0.598. The molecule has 0 bridgehead atoms. The topological polar surface area (TPSA) is 4.93 Å². The third-order valence-corrected chi connectivity index (χ3v) is 14.2. The zero-order valence-corrected chi connectivity index (χ0v) is 33.7. The van der Waals surface area contributed by atoms with E-state index >= 15 is 0 Å². The number of hydrogen-bond acceptors (Lipinski definition) is 0. The summed E-state index contributed by atoms with van der Waals surface area (Å²) in [5.41, 5.74) is 18.7. The van der Waals surface area contributed by atoms with Crippen LogP contribution < -0.4 is 0 Å². The second kappa shape index (κ2) is 13.0. The van der Waals surface area contributed by atoms with Gasteiger partial charge in [-0.2, -0.15) is 0 Å². The van der Waals surface area contributed by atoms with Gasteiger partial charge in [-0.15, -0.1) is 0 Å². The van der Waals surface area contributed by atoms with Crippen LogP contribution in [0.5, 0.6) is 0 Å². The van der Waals surface area contributed by atoms with Gasteiger partial charge in [0.15, 0.2) is 0 Å². The Morgan fingerprint density at radius 2 is 1.05 bits per heavy atom. The van der Waals surface area contributed by atoms with Crippen molar-refractivity contribution in [2.45, 2.75) is 23.7 Å². The summed E-state index contributed by atoms with van der Waals surface area (Å²) in [5.74, 6) is 0. The molecule has 0 amide bonds. The average molecular weight is 776 g/mol. The van der Waals surface area contributed by atoms with E-state index < -0.39 is 10.8 Å². The molecule has 3 aliphatic carbocycles. The van der Waals surface area contributed by atoms with Gasteiger partial charge in [-0.25, -0.2) is 0 Å². The van der Waals surface area contributed by atoms with Crippen molar-refractivity contribution < 1.29 is 0 Å². The van der Waals surface area contributed by atoms with Crippen LogP contribution >= 0.6 is 0 Å². The molecule has 0 spiro atoms. The van der Waals surface area contributed by atoms with Crippen LogP contribution in [0.1, 0.15) is 51.8 Å². The molecule has 0 saturated carbocycles. The number of fused-ring (bicyclic) bond motifs is 9. The fourth-order valence-corrected chi connectivity index (χ4v) is 11.9. The van der Waals surface area contributed by atoms with Crippen LogP contribution in [0.15, 0.2) is 230 Å². The molecule has 9 aromatic carbocycles. The molecule has 1 heterocycles. The van der Waals surface area contributed by atoms with Crippen molar-refractivity contribution in [2.75, 3.05) is 0 Å². The Morgan fingerprint density at radius 3 is 1.87 bits per heavy atom. The molecule has 10 aromatic rings. The Labute approximate surface area is 356 Å². The van der Waals surface area contributed by atoms with Crippen molar-refractivity contribution in [3.63, 3.8) is 0 Å². The van der Waals surface area contributed by atoms with Crippen molar-refractivity contribution in [3.8, 4) is 27.9 Å². The van der Waals surface area contributed by atoms with E-state index in [4.69, 9.17) is 0 Å². The summed E-state index contributed by atoms with van der Waals surface area (Å²) in [7, 11) is 0. The Hall–Kier alpha value is -7.48. The Kier molecular flexibility index (Phi) is 7.33. The highest BCUT2D eigenvalue weighted by Gasteiger charge is 2.58. The smallest absolute Gasteiger partial charge is 0.0720 e. The molecule has 286 valence electrons. The van der Waals surface area contributed by atoms with Crippen LogP contribution in [0.2, 0.25) is 0 Å². The van der Waals surface area contributed by atoms with E-state index in [0.29, 0.717) is 0 Å². The highest BCUT2D eigenvalue weighted by molar-refractivity contribution is 6.11. The number of nitrogens with zero attached hydrogens (tertiary/aromatic N) is 1. The lowest BCUT2D eigenvalue weighted by Gasteiger charge is -2.51. The van der Waals surface area contributed by atoms with E-state index in [1.807, 2.05) is 0 Å². The van der Waals surface area contributed by atoms with Crippen LogP contribution in [-0.2, 0) is 10.8 Å². The largest absolute Gasteiger partial charge is 0.309 e. The molecule has 0 aliphatic heterocycles. The summed E-state index contributed by atoms with van der Waals surface area (Å²) in [4.78, 5) is 0. The molecule has 61 heavy (non-hydrogen) atoms. The highest BCUT2D eigenvalue weighted by Crippen LogP contribution is 2.67. The molecule has 2 unspecified atom stereocenters. The van der Waals surface area contributed by atoms with Crippen molar-refractivity contribution in [1.82, 2.24) is 4.57 Å². The molecule has 0 radical (unpaired) electrons. The predicted molar refractivity (Wildman–Crippen MR) is 254 cm³/mol. The SMILES string of the molecule is C1=CCCC(C2(c3ccccc3-c3ccc4c(c3)c3ccccc3n4-c3ccc4ccccc4c3)c3ccccc3C3(c4ccccc4)c4ccccc4-c4cccc2c43)=C1. The first kappa shape index (κ1) is 34.4. The molecule has 1 aromatic heterocycles. The van der Waals surface area contributed by atoms with Crippen molar-refractivity contribution in [2.24, 2.45) is 0 Å². The van der Waals surface area contributed by atoms with Gasteiger partial charge in [-0.1, -0.05) is 200 Å². The summed E-state index contributed by atoms with van der Waals surface area (Å²) in [5, 5.41) is 5.01. The monoisotopic (exact) mass is 775 g/mol. The molecule has 0 fully saturated rings. The fourth-order valence-electron chi connectivity index (χ4n) is 11.9. The number of hydrogen-bond donors (Lipinski definition) is 0. The number of aromatic nitrogens is 1. The van der Waals surface area contributed by atoms with Crippen LogP contribution in [0.4, 0.5) is 0 Å². The number of benzene rings is 9. The van der Waals surface area contributed by atoms with Crippen molar-refractivity contribution in [1.29, 1.82) is 0 Å². The van der Waals surface area contributed by atoms with Gasteiger partial charge >= 0.3 is 0 Å². The Bertz CT molecular complexity index is 3490. The van der Waals surface area contributed by atoms with Gasteiger partial charge in [-0.05, 0) is 115 Å². The van der Waals surface area contributed by atoms with Gasteiger partial charge in [0, 0.05) is 16.5 Å². The number of allylic oxidation sites excluding steroid dienone is 4. The predicted octanol–water partition coefficient (Wildman–Crippen LogP) is 14.9. The van der Waals surface area contributed by atoms with Gasteiger partial charge in [0.2, 0.25) is 0 Å². The maximum Gasteiger partial charge on any atom is 0.0720 e. The van der Waals surface area contributed by atoms with Crippen molar-refractivity contribution >= 4 is 32.6 Å². The Morgan fingerprint density at radius 1 is 0.410 bits per heavy atom. The van der Waals surface area contributed by atoms with E-state index in [1.54, 1.807) is 0 Å². The van der Waals surface area contributed by atoms with Crippen LogP contribution in [0, 0.1) is 0 Å². The normalized spacial score (nSPS) is 18.5. The van der Waals surface area contributed by atoms with Gasteiger partial charge < -0.3 is 4.57 Å². The molecular formula is C60H41N. The summed E-state index contributed by atoms with van der Waals surface area (Å²) in [6.07, 6.45) is 9.06. The first-order valence-corrected chi connectivity index (χ1v) is 21.7. The first-order valence-electron chi connectivity index (χ1n) is 21.7. The summed E-state index contributed by atoms with van der Waals surface area (Å²) < 4.78 is 2.44. The van der Waals surface area contributed by atoms with Crippen molar-refractivity contribution in [3.05, 3.63) is 269 Å². The average Bonchev–Trinajstić information content (AvgIpc) is 3.84. The molecule has 0 saturated heterocycles. The van der Waals surface area contributed by atoms with E-state index in [0.717, 1.165) is 12.8 Å². The third kappa shape index (κ3) is 4.56. The lowest BCUT2D eigenvalue weighted by atomic mass is 9.50. The molecule has 3 aliphatic rings. The van der Waals surface area contributed by atoms with E-state index in [9.17, 15) is 0 Å². The number of para-hydroxylation sites is 1. The van der Waals surface area contributed by atoms with E-state index in [-0.39, 0.29) is 0 Å². The van der Waals surface area contributed by atoms with Crippen LogP contribution in [0.25, 0.3) is 60.5 Å². The Balaban J connectivity index is 1.12. The summed E-state index contributed by atoms with van der Waals surface area (Å²) in [6.45, 7) is 0. The number of rotatable bonds is 5. The summed E-state index contributed by atoms with van der Waals surface area (Å²) in [6, 6.07) is 78.0. The zero-order valence-electron chi connectivity index (χ0n) is 33.7. The lowest BCUT2D eigenvalue weighted by Crippen LogP contribution is -2.45. The van der Waals surface area contributed by atoms with Gasteiger partial charge in [-0.3, -0.25) is 0 Å². The first-order chi connectivity index (χ1) is 30.3. The molecule has 1 heteroatoms. The minimum absolute atomic E-state index is 0.465. The molecule has 0 N–H and O–H groups in total. The van der Waals surface area contributed by atoms with Gasteiger partial charge in [0.1, 0.15) is 0 Å². The second-order valence-electron chi connectivity index (χ2n) is 17.0. The molecule has 2 atom stereocenters. The van der Waals surface area contributed by atoms with Gasteiger partial charge in [0.05, 0.1) is 21.9 Å². The quantitative estimate of drug-likeness (QED) is 0.164. The highest BCUT2D eigenvalue weighted by atomic mass is 15.0. The minimum atomic E-state index is -0.558. The fraction of sp³-hybridized carbons (Fsp3) is 0.0667. The third-order valence-electron chi connectivity index (χ3n) is 14.2. The minimum Gasteiger partial charge on any atom is -0.309 e.